The van der Waals surface area contributed by atoms with E-state index in [0.717, 1.165) is 17.4 Å². The van der Waals surface area contributed by atoms with Crippen LogP contribution in [-0.2, 0) is 6.42 Å². The third-order valence-electron chi connectivity index (χ3n) is 4.99. The third kappa shape index (κ3) is 3.53. The number of rotatable bonds is 4. The van der Waals surface area contributed by atoms with Crippen molar-refractivity contribution < 1.29 is 0 Å². The van der Waals surface area contributed by atoms with Crippen LogP contribution in [-0.4, -0.2) is 18.1 Å². The van der Waals surface area contributed by atoms with Gasteiger partial charge in [0.15, 0.2) is 0 Å². The summed E-state index contributed by atoms with van der Waals surface area (Å²) in [5.41, 5.74) is 1.47. The zero-order valence-electron chi connectivity index (χ0n) is 13.1. The maximum absolute atomic E-state index is 6.28. The summed E-state index contributed by atoms with van der Waals surface area (Å²) in [6.07, 6.45) is 8.56. The molecule has 1 aromatic heterocycles. The van der Waals surface area contributed by atoms with E-state index in [2.05, 4.69) is 44.2 Å². The molecule has 2 rings (SSSR count). The Morgan fingerprint density at radius 3 is 2.80 bits per heavy atom. The maximum atomic E-state index is 6.28. The van der Waals surface area contributed by atoms with Gasteiger partial charge in [-0.3, -0.25) is 4.98 Å². The fourth-order valence-corrected chi connectivity index (χ4v) is 3.99. The lowest BCUT2D eigenvalue weighted by Gasteiger charge is -2.44. The first-order chi connectivity index (χ1) is 9.44. The predicted octanol–water partition coefficient (Wildman–Crippen LogP) is 4.33. The van der Waals surface area contributed by atoms with E-state index in [1.54, 1.807) is 6.20 Å². The number of aromatic nitrogens is 1. The normalized spacial score (nSPS) is 27.6. The van der Waals surface area contributed by atoms with E-state index in [1.807, 2.05) is 6.20 Å². The number of nitrogens with one attached hydrogen (secondary N) is 1. The van der Waals surface area contributed by atoms with Gasteiger partial charge in [-0.25, -0.2) is 0 Å². The molecule has 0 bridgehead atoms. The van der Waals surface area contributed by atoms with Gasteiger partial charge in [-0.05, 0) is 55.2 Å². The Hall–Kier alpha value is -0.600. The summed E-state index contributed by atoms with van der Waals surface area (Å²) in [5.74, 6) is 1.54. The van der Waals surface area contributed by atoms with E-state index in [1.165, 1.54) is 24.8 Å². The van der Waals surface area contributed by atoms with Crippen molar-refractivity contribution in [2.45, 2.75) is 52.5 Å². The fraction of sp³-hybridized carbons (Fsp3) is 0.706. The van der Waals surface area contributed by atoms with E-state index in [-0.39, 0.29) is 5.41 Å². The lowest BCUT2D eigenvalue weighted by molar-refractivity contribution is 0.0980. The van der Waals surface area contributed by atoms with Crippen molar-refractivity contribution in [3.63, 3.8) is 0 Å². The van der Waals surface area contributed by atoms with Crippen LogP contribution in [0, 0.1) is 17.3 Å². The van der Waals surface area contributed by atoms with Gasteiger partial charge in [-0.2, -0.15) is 0 Å². The van der Waals surface area contributed by atoms with Gasteiger partial charge in [0, 0.05) is 18.4 Å². The Bertz CT molecular complexity index is 444. The molecule has 0 saturated heterocycles. The van der Waals surface area contributed by atoms with Crippen LogP contribution in [0.1, 0.15) is 45.6 Å². The average molecular weight is 295 g/mol. The van der Waals surface area contributed by atoms with Crippen LogP contribution < -0.4 is 5.32 Å². The number of pyridine rings is 1. The van der Waals surface area contributed by atoms with Crippen LogP contribution in [0.3, 0.4) is 0 Å². The Labute approximate surface area is 128 Å². The topological polar surface area (TPSA) is 24.9 Å². The molecule has 0 aromatic carbocycles. The molecule has 1 N–H and O–H groups in total. The highest BCUT2D eigenvalue weighted by Gasteiger charge is 2.38. The first-order valence-electron chi connectivity index (χ1n) is 7.69. The molecule has 3 heteroatoms. The molecular formula is C17H27ClN2. The molecule has 1 fully saturated rings. The first kappa shape index (κ1) is 15.8. The standard InChI is InChI=1S/C17H27ClN2/c1-12-5-6-14(16(9-12)19-4)17(2,3)10-13-7-8-20-11-15(13)18/h7-8,11-12,14,16,19H,5-6,9-10H2,1-4H3. The van der Waals surface area contributed by atoms with E-state index < -0.39 is 0 Å². The molecule has 3 atom stereocenters. The van der Waals surface area contributed by atoms with Crippen molar-refractivity contribution in [2.75, 3.05) is 7.05 Å². The molecule has 0 radical (unpaired) electrons. The van der Waals surface area contributed by atoms with Crippen molar-refractivity contribution >= 4 is 11.6 Å². The van der Waals surface area contributed by atoms with Crippen molar-refractivity contribution in [3.8, 4) is 0 Å². The summed E-state index contributed by atoms with van der Waals surface area (Å²) < 4.78 is 0. The first-order valence-corrected chi connectivity index (χ1v) is 8.07. The van der Waals surface area contributed by atoms with E-state index in [9.17, 15) is 0 Å². The summed E-state index contributed by atoms with van der Waals surface area (Å²) in [4.78, 5) is 4.08. The highest BCUT2D eigenvalue weighted by atomic mass is 35.5. The molecule has 3 unspecified atom stereocenters. The minimum absolute atomic E-state index is 0.249. The van der Waals surface area contributed by atoms with Gasteiger partial charge < -0.3 is 5.32 Å². The molecule has 1 aliphatic carbocycles. The number of hydrogen-bond donors (Lipinski definition) is 1. The average Bonchev–Trinajstić information content (AvgIpc) is 2.40. The van der Waals surface area contributed by atoms with Gasteiger partial charge in [-0.1, -0.05) is 38.8 Å². The van der Waals surface area contributed by atoms with Crippen LogP contribution in [0.15, 0.2) is 18.5 Å². The van der Waals surface area contributed by atoms with Gasteiger partial charge in [0.05, 0.1) is 5.02 Å². The monoisotopic (exact) mass is 294 g/mol. The second kappa shape index (κ2) is 6.44. The highest BCUT2D eigenvalue weighted by Crippen LogP contribution is 2.42. The summed E-state index contributed by atoms with van der Waals surface area (Å²) in [6.45, 7) is 7.14. The van der Waals surface area contributed by atoms with Crippen molar-refractivity contribution in [1.82, 2.24) is 10.3 Å². The molecule has 1 saturated carbocycles. The van der Waals surface area contributed by atoms with Crippen LogP contribution in [0.25, 0.3) is 0 Å². The lowest BCUT2D eigenvalue weighted by Crippen LogP contribution is -2.46. The quantitative estimate of drug-likeness (QED) is 0.894. The van der Waals surface area contributed by atoms with Crippen molar-refractivity contribution in [1.29, 1.82) is 0 Å². The Morgan fingerprint density at radius 2 is 2.15 bits per heavy atom. The van der Waals surface area contributed by atoms with E-state index >= 15 is 0 Å². The minimum Gasteiger partial charge on any atom is -0.317 e. The molecule has 20 heavy (non-hydrogen) atoms. The molecule has 0 amide bonds. The maximum Gasteiger partial charge on any atom is 0.0621 e. The number of halogens is 1. The van der Waals surface area contributed by atoms with Crippen molar-refractivity contribution in [3.05, 3.63) is 29.0 Å². The van der Waals surface area contributed by atoms with Crippen LogP contribution in [0.5, 0.6) is 0 Å². The molecule has 0 spiro atoms. The van der Waals surface area contributed by atoms with Crippen LogP contribution >= 0.6 is 11.6 Å². The third-order valence-corrected chi connectivity index (χ3v) is 5.33. The lowest BCUT2D eigenvalue weighted by atomic mass is 9.64. The highest BCUT2D eigenvalue weighted by molar-refractivity contribution is 6.31. The van der Waals surface area contributed by atoms with E-state index in [4.69, 9.17) is 11.6 Å². The molecule has 1 aromatic rings. The largest absolute Gasteiger partial charge is 0.317 e. The summed E-state index contributed by atoms with van der Waals surface area (Å²) in [7, 11) is 2.10. The van der Waals surface area contributed by atoms with Gasteiger partial charge >= 0.3 is 0 Å². The summed E-state index contributed by atoms with van der Waals surface area (Å²) >= 11 is 6.28. The Balaban J connectivity index is 2.14. The Morgan fingerprint density at radius 1 is 1.40 bits per heavy atom. The molecule has 0 aliphatic heterocycles. The fourth-order valence-electron chi connectivity index (χ4n) is 3.80. The SMILES string of the molecule is CNC1CC(C)CCC1C(C)(C)Cc1ccncc1Cl. The van der Waals surface area contributed by atoms with E-state index in [0.29, 0.717) is 12.0 Å². The molecule has 112 valence electrons. The van der Waals surface area contributed by atoms with Crippen LogP contribution in [0.2, 0.25) is 5.02 Å². The smallest absolute Gasteiger partial charge is 0.0621 e. The summed E-state index contributed by atoms with van der Waals surface area (Å²) in [5, 5.41) is 4.34. The predicted molar refractivity (Wildman–Crippen MR) is 86.1 cm³/mol. The minimum atomic E-state index is 0.249. The molecule has 2 nitrogen and oxygen atoms in total. The van der Waals surface area contributed by atoms with Crippen molar-refractivity contribution in [2.24, 2.45) is 17.3 Å². The molecule has 1 aliphatic rings. The number of nitrogens with zero attached hydrogens (tertiary/aromatic N) is 1. The number of hydrogen-bond acceptors (Lipinski definition) is 2. The van der Waals surface area contributed by atoms with Gasteiger partial charge in [0.2, 0.25) is 0 Å². The summed E-state index contributed by atoms with van der Waals surface area (Å²) in [6, 6.07) is 2.68. The second-order valence-corrected chi connectivity index (χ2v) is 7.46. The zero-order valence-corrected chi connectivity index (χ0v) is 13.9. The van der Waals surface area contributed by atoms with Gasteiger partial charge in [-0.15, -0.1) is 0 Å². The Kier molecular flexibility index (Phi) is 5.09. The zero-order chi connectivity index (χ0) is 14.8. The molecular weight excluding hydrogens is 268 g/mol. The van der Waals surface area contributed by atoms with Crippen LogP contribution in [0.4, 0.5) is 0 Å². The van der Waals surface area contributed by atoms with Gasteiger partial charge in [0.25, 0.3) is 0 Å². The second-order valence-electron chi connectivity index (χ2n) is 7.05. The molecule has 1 heterocycles. The van der Waals surface area contributed by atoms with Gasteiger partial charge in [0.1, 0.15) is 0 Å².